The summed E-state index contributed by atoms with van der Waals surface area (Å²) in [7, 11) is 1.48. The smallest absolute Gasteiger partial charge is 0.268 e. The summed E-state index contributed by atoms with van der Waals surface area (Å²) >= 11 is 1.44. The molecule has 120 valence electrons. The lowest BCUT2D eigenvalue weighted by molar-refractivity contribution is -0.119. The zero-order valence-electron chi connectivity index (χ0n) is 12.9. The Bertz CT molecular complexity index is 713. The van der Waals surface area contributed by atoms with Crippen molar-refractivity contribution < 1.29 is 14.3 Å². The molecule has 0 unspecified atom stereocenters. The molecule has 0 bridgehead atoms. The van der Waals surface area contributed by atoms with E-state index in [2.05, 4.69) is 5.32 Å². The number of hydrogen-bond acceptors (Lipinski definition) is 4. The van der Waals surface area contributed by atoms with E-state index in [0.717, 1.165) is 29.0 Å². The molecule has 3 rings (SSSR count). The van der Waals surface area contributed by atoms with Crippen LogP contribution in [0.15, 0.2) is 35.7 Å². The monoisotopic (exact) mass is 330 g/mol. The van der Waals surface area contributed by atoms with E-state index in [-0.39, 0.29) is 18.4 Å². The summed E-state index contributed by atoms with van der Waals surface area (Å²) in [4.78, 5) is 26.9. The molecule has 0 atom stereocenters. The van der Waals surface area contributed by atoms with Crippen LogP contribution < -0.4 is 10.2 Å². The minimum absolute atomic E-state index is 0.00885. The van der Waals surface area contributed by atoms with Gasteiger partial charge < -0.3 is 15.0 Å². The number of nitrogens with one attached hydrogen (secondary N) is 1. The third-order valence-corrected chi connectivity index (χ3v) is 4.60. The van der Waals surface area contributed by atoms with Crippen LogP contribution in [0.25, 0.3) is 0 Å². The van der Waals surface area contributed by atoms with Crippen molar-refractivity contribution in [1.29, 1.82) is 0 Å². The Morgan fingerprint density at radius 2 is 2.22 bits per heavy atom. The zero-order chi connectivity index (χ0) is 16.2. The fraction of sp³-hybridized carbons (Fsp3) is 0.294. The van der Waals surface area contributed by atoms with E-state index in [1.165, 1.54) is 18.4 Å². The average molecular weight is 330 g/mol. The van der Waals surface area contributed by atoms with Gasteiger partial charge in [0.2, 0.25) is 5.91 Å². The van der Waals surface area contributed by atoms with Gasteiger partial charge in [-0.25, -0.2) is 0 Å². The Morgan fingerprint density at radius 3 is 2.96 bits per heavy atom. The van der Waals surface area contributed by atoms with Gasteiger partial charge in [0.1, 0.15) is 6.61 Å². The van der Waals surface area contributed by atoms with Crippen molar-refractivity contribution in [3.8, 4) is 0 Å². The topological polar surface area (TPSA) is 58.6 Å². The second-order valence-corrected chi connectivity index (χ2v) is 6.31. The number of amides is 2. The number of thiophene rings is 1. The minimum Gasteiger partial charge on any atom is -0.375 e. The van der Waals surface area contributed by atoms with Crippen LogP contribution in [0, 0.1) is 0 Å². The summed E-state index contributed by atoms with van der Waals surface area (Å²) in [5.41, 5.74) is 2.69. The summed E-state index contributed by atoms with van der Waals surface area (Å²) < 4.78 is 4.82. The van der Waals surface area contributed by atoms with Gasteiger partial charge in [-0.3, -0.25) is 9.59 Å². The van der Waals surface area contributed by atoms with E-state index in [1.54, 1.807) is 4.90 Å². The molecule has 1 N–H and O–H groups in total. The molecule has 0 aliphatic carbocycles. The predicted molar refractivity (Wildman–Crippen MR) is 91.3 cm³/mol. The number of fused-ring (bicyclic) bond motifs is 1. The van der Waals surface area contributed by atoms with Crippen molar-refractivity contribution >= 4 is 34.5 Å². The van der Waals surface area contributed by atoms with Gasteiger partial charge in [0.05, 0.1) is 4.88 Å². The first-order valence-corrected chi connectivity index (χ1v) is 8.34. The van der Waals surface area contributed by atoms with E-state index in [1.807, 2.05) is 35.7 Å². The summed E-state index contributed by atoms with van der Waals surface area (Å²) in [6.07, 6.45) is 1.88. The average Bonchev–Trinajstić information content (AvgIpc) is 3.08. The van der Waals surface area contributed by atoms with E-state index < -0.39 is 0 Å². The molecule has 0 saturated heterocycles. The van der Waals surface area contributed by atoms with Gasteiger partial charge in [0.25, 0.3) is 5.91 Å². The number of aryl methyl sites for hydroxylation is 1. The first-order chi connectivity index (χ1) is 11.2. The number of carbonyl (C=O) groups excluding carboxylic acids is 2. The highest BCUT2D eigenvalue weighted by Crippen LogP contribution is 2.31. The van der Waals surface area contributed by atoms with Crippen LogP contribution in [-0.2, 0) is 16.0 Å². The van der Waals surface area contributed by atoms with Gasteiger partial charge in [-0.15, -0.1) is 11.3 Å². The van der Waals surface area contributed by atoms with Crippen molar-refractivity contribution in [3.05, 3.63) is 46.2 Å². The molecule has 2 heterocycles. The van der Waals surface area contributed by atoms with E-state index >= 15 is 0 Å². The Morgan fingerprint density at radius 1 is 1.35 bits per heavy atom. The molecule has 1 aliphatic heterocycles. The third kappa shape index (κ3) is 3.43. The van der Waals surface area contributed by atoms with Crippen molar-refractivity contribution in [2.24, 2.45) is 0 Å². The van der Waals surface area contributed by atoms with Crippen molar-refractivity contribution in [2.45, 2.75) is 12.8 Å². The maximum atomic E-state index is 12.7. The largest absolute Gasteiger partial charge is 0.375 e. The molecule has 0 saturated carbocycles. The van der Waals surface area contributed by atoms with E-state index in [0.29, 0.717) is 12.2 Å². The molecule has 23 heavy (non-hydrogen) atoms. The summed E-state index contributed by atoms with van der Waals surface area (Å²) in [6.45, 7) is 0.703. The first kappa shape index (κ1) is 15.7. The molecule has 1 aromatic carbocycles. The minimum atomic E-state index is -0.209. The lowest BCUT2D eigenvalue weighted by Gasteiger charge is -2.29. The van der Waals surface area contributed by atoms with E-state index in [9.17, 15) is 9.59 Å². The first-order valence-electron chi connectivity index (χ1n) is 7.46. The highest BCUT2D eigenvalue weighted by Gasteiger charge is 2.24. The molecular weight excluding hydrogens is 312 g/mol. The van der Waals surface area contributed by atoms with Crippen LogP contribution in [0.3, 0.4) is 0 Å². The Kier molecular flexibility index (Phi) is 4.73. The number of rotatable bonds is 4. The van der Waals surface area contributed by atoms with Crippen LogP contribution in [0.5, 0.6) is 0 Å². The maximum Gasteiger partial charge on any atom is 0.268 e. The molecule has 0 radical (unpaired) electrons. The zero-order valence-corrected chi connectivity index (χ0v) is 13.7. The van der Waals surface area contributed by atoms with Crippen LogP contribution in [0.1, 0.15) is 21.7 Å². The highest BCUT2D eigenvalue weighted by atomic mass is 32.1. The van der Waals surface area contributed by atoms with Crippen molar-refractivity contribution in [3.63, 3.8) is 0 Å². The normalized spacial score (nSPS) is 13.5. The third-order valence-electron chi connectivity index (χ3n) is 3.74. The summed E-state index contributed by atoms with van der Waals surface area (Å²) in [5.74, 6) is -0.194. The van der Waals surface area contributed by atoms with Crippen molar-refractivity contribution in [1.82, 2.24) is 0 Å². The quantitative estimate of drug-likeness (QED) is 0.938. The number of benzene rings is 1. The van der Waals surface area contributed by atoms with Crippen LogP contribution >= 0.6 is 11.3 Å². The number of carbonyl (C=O) groups is 2. The fourth-order valence-corrected chi connectivity index (χ4v) is 3.40. The second-order valence-electron chi connectivity index (χ2n) is 5.36. The SMILES string of the molecule is COCC(=O)Nc1ccc2c(c1)N(C(=O)c1cccs1)CCC2. The Labute approximate surface area is 138 Å². The highest BCUT2D eigenvalue weighted by molar-refractivity contribution is 7.12. The van der Waals surface area contributed by atoms with Crippen LogP contribution in [-0.4, -0.2) is 32.1 Å². The molecular formula is C17H18N2O3S. The number of ether oxygens (including phenoxy) is 1. The maximum absolute atomic E-state index is 12.7. The molecule has 0 fully saturated rings. The standard InChI is InChI=1S/C17H18N2O3S/c1-22-11-16(20)18-13-7-6-12-4-2-8-19(14(12)10-13)17(21)15-5-3-9-23-15/h3,5-7,9-10H,2,4,8,11H2,1H3,(H,18,20). The van der Waals surface area contributed by atoms with Crippen molar-refractivity contribution in [2.75, 3.05) is 30.5 Å². The molecule has 5 nitrogen and oxygen atoms in total. The lowest BCUT2D eigenvalue weighted by atomic mass is 10.0. The van der Waals surface area contributed by atoms with Gasteiger partial charge >= 0.3 is 0 Å². The Hall–Kier alpha value is -2.18. The molecule has 1 aromatic heterocycles. The van der Waals surface area contributed by atoms with Crippen LogP contribution in [0.2, 0.25) is 0 Å². The number of nitrogens with zero attached hydrogens (tertiary/aromatic N) is 1. The predicted octanol–water partition coefficient (Wildman–Crippen LogP) is 2.93. The number of hydrogen-bond donors (Lipinski definition) is 1. The van der Waals surface area contributed by atoms with Gasteiger partial charge in [-0.2, -0.15) is 0 Å². The summed E-state index contributed by atoms with van der Waals surface area (Å²) in [6, 6.07) is 9.43. The molecule has 2 amide bonds. The lowest BCUT2D eigenvalue weighted by Crippen LogP contribution is -2.35. The van der Waals surface area contributed by atoms with Gasteiger partial charge in [0.15, 0.2) is 0 Å². The van der Waals surface area contributed by atoms with Gasteiger partial charge in [-0.1, -0.05) is 12.1 Å². The number of methoxy groups -OCH3 is 1. The molecule has 2 aromatic rings. The molecule has 1 aliphatic rings. The molecule has 0 spiro atoms. The molecule has 6 heteroatoms. The fourth-order valence-electron chi connectivity index (χ4n) is 2.72. The summed E-state index contributed by atoms with van der Waals surface area (Å²) in [5, 5.41) is 4.69. The van der Waals surface area contributed by atoms with Gasteiger partial charge in [-0.05, 0) is 42.0 Å². The number of anilines is 2. The van der Waals surface area contributed by atoms with Crippen LogP contribution in [0.4, 0.5) is 11.4 Å². The second kappa shape index (κ2) is 6.93. The van der Waals surface area contributed by atoms with E-state index in [4.69, 9.17) is 4.74 Å². The van der Waals surface area contributed by atoms with Gasteiger partial charge in [0, 0.05) is 25.0 Å². The Balaban J connectivity index is 1.87.